The molecule has 0 heterocycles. The van der Waals surface area contributed by atoms with Crippen molar-refractivity contribution in [1.82, 2.24) is 0 Å². The molecular weight excluding hydrogens is 312 g/mol. The highest BCUT2D eigenvalue weighted by Crippen LogP contribution is 2.38. The standard InChI is InChI=1S/C18H36O6/c1-15(2,3)20-19-14-12-10-11-13-18(14,23-21-16(4,5)6)24-22-17(7,8)9/h14H,10-13H2,1-9H3. The van der Waals surface area contributed by atoms with E-state index < -0.39 is 28.7 Å². The summed E-state index contributed by atoms with van der Waals surface area (Å²) in [6, 6.07) is 0. The summed E-state index contributed by atoms with van der Waals surface area (Å²) in [6.45, 7) is 17.3. The zero-order valence-corrected chi connectivity index (χ0v) is 16.9. The van der Waals surface area contributed by atoms with Gasteiger partial charge in [0.15, 0.2) is 6.10 Å². The van der Waals surface area contributed by atoms with E-state index in [1.54, 1.807) is 0 Å². The summed E-state index contributed by atoms with van der Waals surface area (Å²) >= 11 is 0. The molecule has 1 aliphatic rings. The molecule has 1 unspecified atom stereocenters. The van der Waals surface area contributed by atoms with Gasteiger partial charge in [-0.3, -0.25) is 0 Å². The SMILES string of the molecule is CC(C)(C)OOC1CCCCC1(OOC(C)(C)C)OOC(C)(C)C. The van der Waals surface area contributed by atoms with Crippen molar-refractivity contribution in [1.29, 1.82) is 0 Å². The molecule has 0 aromatic rings. The minimum atomic E-state index is -1.16. The largest absolute Gasteiger partial charge is 0.262 e. The zero-order valence-electron chi connectivity index (χ0n) is 16.9. The molecule has 0 aliphatic heterocycles. The molecule has 0 aromatic carbocycles. The Morgan fingerprint density at radius 2 is 1.12 bits per heavy atom. The van der Waals surface area contributed by atoms with E-state index in [1.165, 1.54) is 0 Å². The molecule has 144 valence electrons. The Bertz CT molecular complexity index is 356. The first kappa shape index (κ1) is 21.8. The van der Waals surface area contributed by atoms with Crippen molar-refractivity contribution >= 4 is 0 Å². The summed E-state index contributed by atoms with van der Waals surface area (Å²) in [4.78, 5) is 33.8. The van der Waals surface area contributed by atoms with Crippen molar-refractivity contribution in [2.75, 3.05) is 0 Å². The summed E-state index contributed by atoms with van der Waals surface area (Å²) in [5, 5.41) is 0. The Balaban J connectivity index is 2.91. The minimum absolute atomic E-state index is 0.432. The first-order valence-electron chi connectivity index (χ1n) is 8.81. The molecule has 0 saturated heterocycles. The van der Waals surface area contributed by atoms with Crippen LogP contribution in [0.25, 0.3) is 0 Å². The van der Waals surface area contributed by atoms with Crippen LogP contribution in [0, 0.1) is 0 Å². The quantitative estimate of drug-likeness (QED) is 0.388. The summed E-state index contributed by atoms with van der Waals surface area (Å²) in [6.07, 6.45) is 2.80. The van der Waals surface area contributed by atoms with Crippen LogP contribution >= 0.6 is 0 Å². The highest BCUT2D eigenvalue weighted by Gasteiger charge is 2.50. The van der Waals surface area contributed by atoms with Crippen LogP contribution in [0.15, 0.2) is 0 Å². The second kappa shape index (κ2) is 7.98. The lowest BCUT2D eigenvalue weighted by Gasteiger charge is -2.42. The lowest BCUT2D eigenvalue weighted by Crippen LogP contribution is -2.53. The van der Waals surface area contributed by atoms with Crippen molar-refractivity contribution in [3.63, 3.8) is 0 Å². The fourth-order valence-electron chi connectivity index (χ4n) is 2.00. The van der Waals surface area contributed by atoms with Gasteiger partial charge in [-0.05, 0) is 75.2 Å². The van der Waals surface area contributed by atoms with Gasteiger partial charge >= 0.3 is 0 Å². The summed E-state index contributed by atoms with van der Waals surface area (Å²) < 4.78 is 0. The molecule has 1 atom stereocenters. The third-order valence-corrected chi connectivity index (χ3v) is 3.01. The Hall–Kier alpha value is -0.240. The molecule has 0 amide bonds. The molecular formula is C18H36O6. The highest BCUT2D eigenvalue weighted by atomic mass is 17.3. The third kappa shape index (κ3) is 8.23. The highest BCUT2D eigenvalue weighted by molar-refractivity contribution is 4.84. The van der Waals surface area contributed by atoms with Gasteiger partial charge in [-0.2, -0.15) is 9.78 Å². The molecule has 0 N–H and O–H groups in total. The van der Waals surface area contributed by atoms with Gasteiger partial charge in [0, 0.05) is 6.42 Å². The summed E-state index contributed by atoms with van der Waals surface area (Å²) in [5.74, 6) is -1.16. The molecule has 0 radical (unpaired) electrons. The second-order valence-corrected chi connectivity index (χ2v) is 9.40. The van der Waals surface area contributed by atoms with Crippen LogP contribution < -0.4 is 0 Å². The van der Waals surface area contributed by atoms with Gasteiger partial charge in [-0.25, -0.2) is 19.6 Å². The maximum absolute atomic E-state index is 5.76. The van der Waals surface area contributed by atoms with Crippen LogP contribution in [0.5, 0.6) is 0 Å². The van der Waals surface area contributed by atoms with Gasteiger partial charge in [0.2, 0.25) is 0 Å². The van der Waals surface area contributed by atoms with E-state index in [0.29, 0.717) is 6.42 Å². The summed E-state index contributed by atoms with van der Waals surface area (Å²) in [7, 11) is 0. The van der Waals surface area contributed by atoms with E-state index in [9.17, 15) is 0 Å². The second-order valence-electron chi connectivity index (χ2n) is 9.40. The molecule has 6 nitrogen and oxygen atoms in total. The maximum Gasteiger partial charge on any atom is 0.262 e. The Labute approximate surface area is 146 Å². The molecule has 6 heteroatoms. The molecule has 0 aromatic heterocycles. The lowest BCUT2D eigenvalue weighted by atomic mass is 9.91. The Kier molecular flexibility index (Phi) is 7.24. The van der Waals surface area contributed by atoms with Crippen LogP contribution in [0.1, 0.15) is 88.0 Å². The van der Waals surface area contributed by atoms with Crippen LogP contribution in [0.4, 0.5) is 0 Å². The normalized spacial score (nSPS) is 22.6. The fourth-order valence-corrected chi connectivity index (χ4v) is 2.00. The monoisotopic (exact) mass is 348 g/mol. The summed E-state index contributed by atoms with van der Waals surface area (Å²) in [5.41, 5.74) is -1.39. The number of hydrogen-bond acceptors (Lipinski definition) is 6. The van der Waals surface area contributed by atoms with Crippen molar-refractivity contribution in [3.8, 4) is 0 Å². The molecule has 1 fully saturated rings. The van der Waals surface area contributed by atoms with E-state index in [-0.39, 0.29) is 0 Å². The number of hydrogen-bond donors (Lipinski definition) is 0. The first-order chi connectivity index (χ1) is 10.7. The predicted molar refractivity (Wildman–Crippen MR) is 90.8 cm³/mol. The first-order valence-corrected chi connectivity index (χ1v) is 8.81. The lowest BCUT2D eigenvalue weighted by molar-refractivity contribution is -0.575. The van der Waals surface area contributed by atoms with Gasteiger partial charge in [-0.15, -0.1) is 0 Å². The van der Waals surface area contributed by atoms with E-state index in [4.69, 9.17) is 29.3 Å². The predicted octanol–water partition coefficient (Wildman–Crippen LogP) is 4.87. The smallest absolute Gasteiger partial charge is 0.230 e. The van der Waals surface area contributed by atoms with Gasteiger partial charge in [0.05, 0.1) is 16.8 Å². The van der Waals surface area contributed by atoms with Crippen LogP contribution in [-0.4, -0.2) is 28.7 Å². The van der Waals surface area contributed by atoms with Gasteiger partial charge < -0.3 is 0 Å². The zero-order chi connectivity index (χ0) is 18.6. The molecule has 1 rings (SSSR count). The minimum Gasteiger partial charge on any atom is -0.230 e. The van der Waals surface area contributed by atoms with Crippen LogP contribution in [0.3, 0.4) is 0 Å². The van der Waals surface area contributed by atoms with Crippen molar-refractivity contribution in [3.05, 3.63) is 0 Å². The van der Waals surface area contributed by atoms with E-state index in [1.807, 2.05) is 62.3 Å². The van der Waals surface area contributed by atoms with Crippen LogP contribution in [0.2, 0.25) is 0 Å². The number of rotatable bonds is 6. The molecule has 0 spiro atoms. The van der Waals surface area contributed by atoms with Crippen molar-refractivity contribution in [2.24, 2.45) is 0 Å². The third-order valence-electron chi connectivity index (χ3n) is 3.01. The van der Waals surface area contributed by atoms with Crippen molar-refractivity contribution in [2.45, 2.75) is 117 Å². The van der Waals surface area contributed by atoms with E-state index in [2.05, 4.69) is 0 Å². The Morgan fingerprint density at radius 3 is 1.54 bits per heavy atom. The average Bonchev–Trinajstić information content (AvgIpc) is 2.39. The van der Waals surface area contributed by atoms with E-state index >= 15 is 0 Å². The van der Waals surface area contributed by atoms with Crippen LogP contribution in [-0.2, 0) is 29.3 Å². The maximum atomic E-state index is 5.76. The average molecular weight is 348 g/mol. The van der Waals surface area contributed by atoms with Gasteiger partial charge in [0.25, 0.3) is 5.79 Å². The van der Waals surface area contributed by atoms with E-state index in [0.717, 1.165) is 19.3 Å². The Morgan fingerprint density at radius 1 is 0.667 bits per heavy atom. The topological polar surface area (TPSA) is 55.4 Å². The molecule has 24 heavy (non-hydrogen) atoms. The molecule has 1 aliphatic carbocycles. The molecule has 1 saturated carbocycles. The fraction of sp³-hybridized carbons (Fsp3) is 1.00. The van der Waals surface area contributed by atoms with Gasteiger partial charge in [-0.1, -0.05) is 6.42 Å². The van der Waals surface area contributed by atoms with Crippen molar-refractivity contribution < 1.29 is 29.3 Å². The molecule has 0 bridgehead atoms. The van der Waals surface area contributed by atoms with Gasteiger partial charge in [0.1, 0.15) is 0 Å².